The summed E-state index contributed by atoms with van der Waals surface area (Å²) >= 11 is 0. The Kier molecular flexibility index (Phi) is 6.40. The average Bonchev–Trinajstić information content (AvgIpc) is 3.40. The fraction of sp³-hybridized carbons (Fsp3) is 0.143. The van der Waals surface area contributed by atoms with Crippen LogP contribution in [-0.4, -0.2) is 36.7 Å². The molecule has 0 unspecified atom stereocenters. The third-order valence-electron chi connectivity index (χ3n) is 6.67. The second-order valence-electron chi connectivity index (χ2n) is 9.03. The normalized spacial score (nSPS) is 11.2. The number of nitro benzene ring substituents is 1. The fourth-order valence-corrected chi connectivity index (χ4v) is 4.87. The van der Waals surface area contributed by atoms with Crippen LogP contribution < -0.4 is 15.9 Å². The number of aromatic nitrogens is 4. The number of ether oxygens (including phenoxy) is 1. The van der Waals surface area contributed by atoms with Crippen molar-refractivity contribution >= 4 is 5.69 Å². The summed E-state index contributed by atoms with van der Waals surface area (Å²) in [5.41, 5.74) is 1.31. The largest absolute Gasteiger partial charge is 0.500 e. The maximum absolute atomic E-state index is 13.9. The Balaban J connectivity index is 1.84. The molecular formula is C28H25N5O6. The number of phenols is 1. The molecule has 5 rings (SSSR count). The van der Waals surface area contributed by atoms with Crippen LogP contribution in [0.5, 0.6) is 11.5 Å². The molecule has 3 N–H and O–H groups in total. The quantitative estimate of drug-likeness (QED) is 0.215. The Morgan fingerprint density at radius 1 is 0.846 bits per heavy atom. The number of methoxy groups -OCH3 is 1. The summed E-state index contributed by atoms with van der Waals surface area (Å²) < 4.78 is 7.96. The lowest BCUT2D eigenvalue weighted by molar-refractivity contribution is -0.386. The third-order valence-corrected chi connectivity index (χ3v) is 6.67. The van der Waals surface area contributed by atoms with Gasteiger partial charge >= 0.3 is 5.69 Å². The zero-order chi connectivity index (χ0) is 27.8. The van der Waals surface area contributed by atoms with Crippen molar-refractivity contribution in [1.29, 1.82) is 0 Å². The molecule has 0 aliphatic rings. The summed E-state index contributed by atoms with van der Waals surface area (Å²) in [4.78, 5) is 38.9. The van der Waals surface area contributed by atoms with Crippen molar-refractivity contribution < 1.29 is 14.8 Å². The standard InChI is InChI=1S/C28H25N5O6/c1-16-23(27(35)31(29-16)19-10-6-4-7-11-19)25(18-14-21(33(37)38)26(34)22(15-18)39-3)24-17(2)30-32(28(24)36)20-12-8-5-9-13-20/h4-15,25,29-30,34H,1-3H3. The molecule has 5 aromatic rings. The van der Waals surface area contributed by atoms with Crippen LogP contribution in [0.4, 0.5) is 5.69 Å². The molecule has 0 aliphatic carbocycles. The minimum atomic E-state index is -1.04. The first-order chi connectivity index (χ1) is 18.7. The van der Waals surface area contributed by atoms with Crippen molar-refractivity contribution in [1.82, 2.24) is 19.6 Å². The molecule has 0 aliphatic heterocycles. The topological polar surface area (TPSA) is 148 Å². The summed E-state index contributed by atoms with van der Waals surface area (Å²) in [6, 6.07) is 20.4. The van der Waals surface area contributed by atoms with Crippen molar-refractivity contribution in [3.8, 4) is 22.9 Å². The highest BCUT2D eigenvalue weighted by molar-refractivity contribution is 5.60. The molecule has 0 radical (unpaired) electrons. The Morgan fingerprint density at radius 2 is 1.31 bits per heavy atom. The zero-order valence-electron chi connectivity index (χ0n) is 21.3. The van der Waals surface area contributed by atoms with Gasteiger partial charge in [-0.3, -0.25) is 29.9 Å². The lowest BCUT2D eigenvalue weighted by Gasteiger charge is -2.17. The molecule has 2 heterocycles. The fourth-order valence-electron chi connectivity index (χ4n) is 4.87. The molecule has 2 aromatic heterocycles. The maximum Gasteiger partial charge on any atom is 0.314 e. The van der Waals surface area contributed by atoms with E-state index in [1.807, 2.05) is 12.1 Å². The van der Waals surface area contributed by atoms with Crippen LogP contribution in [0.2, 0.25) is 0 Å². The number of benzene rings is 3. The highest BCUT2D eigenvalue weighted by Gasteiger charge is 2.33. The Hall–Kier alpha value is -5.32. The summed E-state index contributed by atoms with van der Waals surface area (Å²) in [6.07, 6.45) is 0. The Labute approximate surface area is 221 Å². The number of hydrogen-bond acceptors (Lipinski definition) is 6. The van der Waals surface area contributed by atoms with Crippen molar-refractivity contribution in [3.05, 3.63) is 132 Å². The van der Waals surface area contributed by atoms with Crippen LogP contribution in [0.15, 0.2) is 82.4 Å². The van der Waals surface area contributed by atoms with Gasteiger partial charge in [0.25, 0.3) is 11.1 Å². The van der Waals surface area contributed by atoms with Crippen LogP contribution in [0, 0.1) is 24.0 Å². The second kappa shape index (κ2) is 9.86. The molecule has 0 saturated carbocycles. The van der Waals surface area contributed by atoms with Gasteiger partial charge in [0.1, 0.15) is 0 Å². The van der Waals surface area contributed by atoms with E-state index in [2.05, 4.69) is 10.2 Å². The summed E-state index contributed by atoms with van der Waals surface area (Å²) in [7, 11) is 1.27. The van der Waals surface area contributed by atoms with Gasteiger partial charge in [-0.1, -0.05) is 36.4 Å². The average molecular weight is 528 g/mol. The van der Waals surface area contributed by atoms with E-state index in [1.54, 1.807) is 62.4 Å². The highest BCUT2D eigenvalue weighted by atomic mass is 16.6. The molecule has 11 heteroatoms. The molecule has 0 amide bonds. The summed E-state index contributed by atoms with van der Waals surface area (Å²) in [5, 5.41) is 28.4. The number of hydrogen-bond donors (Lipinski definition) is 3. The van der Waals surface area contributed by atoms with Gasteiger partial charge < -0.3 is 9.84 Å². The van der Waals surface area contributed by atoms with Crippen molar-refractivity contribution in [2.75, 3.05) is 7.11 Å². The minimum Gasteiger partial charge on any atom is -0.500 e. The van der Waals surface area contributed by atoms with Crippen molar-refractivity contribution in [2.24, 2.45) is 0 Å². The van der Waals surface area contributed by atoms with E-state index in [4.69, 9.17) is 4.74 Å². The molecule has 0 fully saturated rings. The number of nitrogens with one attached hydrogen (secondary N) is 2. The summed E-state index contributed by atoms with van der Waals surface area (Å²) in [6.45, 7) is 3.40. The molecule has 3 aromatic carbocycles. The Morgan fingerprint density at radius 3 is 1.72 bits per heavy atom. The lowest BCUT2D eigenvalue weighted by atomic mass is 9.85. The zero-order valence-corrected chi connectivity index (χ0v) is 21.3. The van der Waals surface area contributed by atoms with E-state index >= 15 is 0 Å². The molecule has 198 valence electrons. The molecule has 0 spiro atoms. The van der Waals surface area contributed by atoms with E-state index < -0.39 is 33.4 Å². The summed E-state index contributed by atoms with van der Waals surface area (Å²) in [5.74, 6) is -1.84. The van der Waals surface area contributed by atoms with E-state index in [0.29, 0.717) is 22.8 Å². The van der Waals surface area contributed by atoms with Gasteiger partial charge in [0.05, 0.1) is 34.5 Å². The van der Waals surface area contributed by atoms with Gasteiger partial charge in [-0.15, -0.1) is 0 Å². The highest BCUT2D eigenvalue weighted by Crippen LogP contribution is 2.42. The van der Waals surface area contributed by atoms with Gasteiger partial charge in [0.2, 0.25) is 5.75 Å². The van der Waals surface area contributed by atoms with E-state index in [9.17, 15) is 24.8 Å². The smallest absolute Gasteiger partial charge is 0.314 e. The number of nitrogens with zero attached hydrogens (tertiary/aromatic N) is 3. The second-order valence-corrected chi connectivity index (χ2v) is 9.03. The molecular weight excluding hydrogens is 502 g/mol. The van der Waals surface area contributed by atoms with Crippen molar-refractivity contribution in [3.63, 3.8) is 0 Å². The van der Waals surface area contributed by atoms with Crippen LogP contribution in [0.3, 0.4) is 0 Å². The number of nitro groups is 1. The first kappa shape index (κ1) is 25.3. The molecule has 11 nitrogen and oxygen atoms in total. The number of H-pyrrole nitrogens is 2. The van der Waals surface area contributed by atoms with Crippen LogP contribution in [0.1, 0.15) is 34.0 Å². The van der Waals surface area contributed by atoms with Gasteiger partial charge in [-0.25, -0.2) is 9.36 Å². The number of aromatic hydroxyl groups is 1. The predicted molar refractivity (Wildman–Crippen MR) is 145 cm³/mol. The van der Waals surface area contributed by atoms with Crippen LogP contribution in [-0.2, 0) is 0 Å². The molecule has 39 heavy (non-hydrogen) atoms. The van der Waals surface area contributed by atoms with E-state index in [-0.39, 0.29) is 22.4 Å². The maximum atomic E-state index is 13.9. The Bertz CT molecular complexity index is 1700. The van der Waals surface area contributed by atoms with Gasteiger partial charge in [-0.05, 0) is 49.7 Å². The molecule has 0 bridgehead atoms. The number of rotatable bonds is 7. The lowest BCUT2D eigenvalue weighted by Crippen LogP contribution is -2.25. The molecule has 0 atom stereocenters. The van der Waals surface area contributed by atoms with E-state index in [0.717, 1.165) is 0 Å². The SMILES string of the molecule is COc1cc(C(c2c(C)[nH]n(-c3ccccc3)c2=O)c2c(C)[nH]n(-c3ccccc3)c2=O)cc([N+](=O)[O-])c1O. The minimum absolute atomic E-state index is 0.155. The van der Waals surface area contributed by atoms with Gasteiger partial charge in [0.15, 0.2) is 5.75 Å². The number of aryl methyl sites for hydroxylation is 2. The number of phenolic OH excluding ortho intramolecular Hbond substituents is 1. The first-order valence-electron chi connectivity index (χ1n) is 12.0. The van der Waals surface area contributed by atoms with Crippen LogP contribution in [0.25, 0.3) is 11.4 Å². The van der Waals surface area contributed by atoms with Crippen molar-refractivity contribution in [2.45, 2.75) is 19.8 Å². The first-order valence-corrected chi connectivity index (χ1v) is 12.0. The number of aromatic amines is 2. The van der Waals surface area contributed by atoms with Crippen LogP contribution >= 0.6 is 0 Å². The van der Waals surface area contributed by atoms with Gasteiger partial charge in [-0.2, -0.15) is 0 Å². The third kappa shape index (κ3) is 4.29. The van der Waals surface area contributed by atoms with Gasteiger partial charge in [0, 0.05) is 23.4 Å². The van der Waals surface area contributed by atoms with E-state index in [1.165, 1.54) is 28.6 Å². The predicted octanol–water partition coefficient (Wildman–Crippen LogP) is 4.06. The molecule has 0 saturated heterocycles. The monoisotopic (exact) mass is 527 g/mol. The number of para-hydroxylation sites is 2.